The second kappa shape index (κ2) is 4.58. The first-order valence-corrected chi connectivity index (χ1v) is 5.14. The lowest BCUT2D eigenvalue weighted by atomic mass is 10.1. The molecule has 0 aliphatic heterocycles. The molecule has 0 spiro atoms. The van der Waals surface area contributed by atoms with Gasteiger partial charge < -0.3 is 9.84 Å². The van der Waals surface area contributed by atoms with Crippen molar-refractivity contribution in [3.63, 3.8) is 0 Å². The van der Waals surface area contributed by atoms with Gasteiger partial charge in [-0.15, -0.1) is 0 Å². The van der Waals surface area contributed by atoms with Crippen molar-refractivity contribution >= 4 is 17.2 Å². The predicted octanol–water partition coefficient (Wildman–Crippen LogP) is 3.87. The van der Waals surface area contributed by atoms with Crippen molar-refractivity contribution in [2.75, 3.05) is 0 Å². The average Bonchev–Trinajstić information content (AvgIpc) is 2.09. The van der Waals surface area contributed by atoms with Crippen LogP contribution in [-0.4, -0.2) is 11.2 Å². The Morgan fingerprint density at radius 3 is 2.53 bits per heavy atom. The van der Waals surface area contributed by atoms with Crippen LogP contribution in [0.2, 0.25) is 5.02 Å². The van der Waals surface area contributed by atoms with Gasteiger partial charge in [-0.2, -0.15) is 0 Å². The Morgan fingerprint density at radius 2 is 2.07 bits per heavy atom. The fraction of sp³-hybridized carbons (Fsp3) is 0.333. The maximum atomic E-state index is 9.70. The SMILES string of the molecule is C=C(C)c1cc(Cl)c(OC(C)C)cc1O. The van der Waals surface area contributed by atoms with E-state index in [0.717, 1.165) is 5.57 Å². The van der Waals surface area contributed by atoms with E-state index in [0.29, 0.717) is 16.3 Å². The summed E-state index contributed by atoms with van der Waals surface area (Å²) in [5.41, 5.74) is 1.42. The first-order valence-electron chi connectivity index (χ1n) is 4.77. The van der Waals surface area contributed by atoms with Gasteiger partial charge in [0.1, 0.15) is 11.5 Å². The summed E-state index contributed by atoms with van der Waals surface area (Å²) < 4.78 is 5.44. The Hall–Kier alpha value is -1.15. The van der Waals surface area contributed by atoms with Crippen LogP contribution in [0, 0.1) is 0 Å². The third-order valence-corrected chi connectivity index (χ3v) is 2.17. The maximum Gasteiger partial charge on any atom is 0.142 e. The summed E-state index contributed by atoms with van der Waals surface area (Å²) in [7, 11) is 0. The van der Waals surface area contributed by atoms with Gasteiger partial charge in [-0.3, -0.25) is 0 Å². The number of allylic oxidation sites excluding steroid dienone is 1. The fourth-order valence-corrected chi connectivity index (χ4v) is 1.44. The first-order chi connectivity index (χ1) is 6.91. The number of phenolic OH excluding ortho intramolecular Hbond substituents is 1. The van der Waals surface area contributed by atoms with E-state index in [2.05, 4.69) is 6.58 Å². The number of phenols is 1. The van der Waals surface area contributed by atoms with Crippen LogP contribution in [-0.2, 0) is 0 Å². The third-order valence-electron chi connectivity index (χ3n) is 1.87. The molecule has 0 bridgehead atoms. The Labute approximate surface area is 95.1 Å². The van der Waals surface area contributed by atoms with Crippen LogP contribution in [0.25, 0.3) is 5.57 Å². The van der Waals surface area contributed by atoms with Gasteiger partial charge in [-0.1, -0.05) is 18.2 Å². The van der Waals surface area contributed by atoms with Crippen molar-refractivity contribution in [2.45, 2.75) is 26.9 Å². The molecule has 0 amide bonds. The van der Waals surface area contributed by atoms with Crippen molar-refractivity contribution < 1.29 is 9.84 Å². The lowest BCUT2D eigenvalue weighted by Gasteiger charge is -2.13. The Kier molecular flexibility index (Phi) is 3.64. The summed E-state index contributed by atoms with van der Waals surface area (Å²) in [6.45, 7) is 9.38. The molecular formula is C12H15ClO2. The zero-order valence-corrected chi connectivity index (χ0v) is 9.93. The molecule has 0 unspecified atom stereocenters. The molecular weight excluding hydrogens is 212 g/mol. The molecule has 2 nitrogen and oxygen atoms in total. The average molecular weight is 227 g/mol. The van der Waals surface area contributed by atoms with E-state index in [9.17, 15) is 5.11 Å². The number of halogens is 1. The smallest absolute Gasteiger partial charge is 0.142 e. The highest BCUT2D eigenvalue weighted by atomic mass is 35.5. The van der Waals surface area contributed by atoms with Gasteiger partial charge in [-0.25, -0.2) is 0 Å². The van der Waals surface area contributed by atoms with E-state index in [4.69, 9.17) is 16.3 Å². The van der Waals surface area contributed by atoms with E-state index >= 15 is 0 Å². The normalized spacial score (nSPS) is 10.5. The number of ether oxygens (including phenoxy) is 1. The zero-order valence-electron chi connectivity index (χ0n) is 9.17. The summed E-state index contributed by atoms with van der Waals surface area (Å²) in [6, 6.07) is 3.18. The minimum Gasteiger partial charge on any atom is -0.507 e. The van der Waals surface area contributed by atoms with Gasteiger partial charge in [0, 0.05) is 11.6 Å². The number of benzene rings is 1. The van der Waals surface area contributed by atoms with Crippen LogP contribution in [0.3, 0.4) is 0 Å². The highest BCUT2D eigenvalue weighted by Crippen LogP contribution is 2.35. The predicted molar refractivity (Wildman–Crippen MR) is 63.6 cm³/mol. The van der Waals surface area contributed by atoms with Gasteiger partial charge in [0.15, 0.2) is 0 Å². The van der Waals surface area contributed by atoms with E-state index in [1.807, 2.05) is 20.8 Å². The van der Waals surface area contributed by atoms with Gasteiger partial charge in [0.25, 0.3) is 0 Å². The molecule has 0 aliphatic rings. The van der Waals surface area contributed by atoms with Crippen LogP contribution >= 0.6 is 11.6 Å². The van der Waals surface area contributed by atoms with E-state index < -0.39 is 0 Å². The van der Waals surface area contributed by atoms with Crippen LogP contribution in [0.5, 0.6) is 11.5 Å². The number of rotatable bonds is 3. The van der Waals surface area contributed by atoms with E-state index in [-0.39, 0.29) is 11.9 Å². The highest BCUT2D eigenvalue weighted by Gasteiger charge is 2.10. The summed E-state index contributed by atoms with van der Waals surface area (Å²) in [5, 5.41) is 10.2. The molecule has 1 aromatic rings. The molecule has 1 N–H and O–H groups in total. The second-order valence-corrected chi connectivity index (χ2v) is 4.15. The second-order valence-electron chi connectivity index (χ2n) is 3.75. The molecule has 0 heterocycles. The molecule has 3 heteroatoms. The topological polar surface area (TPSA) is 29.5 Å². The zero-order chi connectivity index (χ0) is 11.6. The van der Waals surface area contributed by atoms with Crippen molar-refractivity contribution in [1.82, 2.24) is 0 Å². The van der Waals surface area contributed by atoms with Gasteiger partial charge in [-0.05, 0) is 32.4 Å². The summed E-state index contributed by atoms with van der Waals surface area (Å²) in [5.74, 6) is 0.636. The molecule has 0 saturated carbocycles. The highest BCUT2D eigenvalue weighted by molar-refractivity contribution is 6.32. The third kappa shape index (κ3) is 2.90. The number of hydrogen-bond acceptors (Lipinski definition) is 2. The largest absolute Gasteiger partial charge is 0.507 e. The van der Waals surface area contributed by atoms with Crippen molar-refractivity contribution in [2.24, 2.45) is 0 Å². The van der Waals surface area contributed by atoms with Crippen LogP contribution < -0.4 is 4.74 Å². The van der Waals surface area contributed by atoms with Gasteiger partial charge in [0.2, 0.25) is 0 Å². The molecule has 0 saturated heterocycles. The minimum atomic E-state index is 0.0255. The molecule has 0 radical (unpaired) electrons. The lowest BCUT2D eigenvalue weighted by molar-refractivity contribution is 0.241. The number of aromatic hydroxyl groups is 1. The fourth-order valence-electron chi connectivity index (χ4n) is 1.23. The van der Waals surface area contributed by atoms with Crippen molar-refractivity contribution in [3.8, 4) is 11.5 Å². The molecule has 0 atom stereocenters. The van der Waals surface area contributed by atoms with Crippen LogP contribution in [0.4, 0.5) is 0 Å². The molecule has 15 heavy (non-hydrogen) atoms. The number of hydrogen-bond donors (Lipinski definition) is 1. The molecule has 1 aromatic carbocycles. The standard InChI is InChI=1S/C12H15ClO2/c1-7(2)9-5-10(13)12(6-11(9)14)15-8(3)4/h5-6,8,14H,1H2,2-4H3. The maximum absolute atomic E-state index is 9.70. The molecule has 0 fully saturated rings. The molecule has 1 rings (SSSR count). The van der Waals surface area contributed by atoms with E-state index in [1.54, 1.807) is 6.07 Å². The summed E-state index contributed by atoms with van der Waals surface area (Å²) in [6.07, 6.45) is 0.0255. The molecule has 82 valence electrons. The van der Waals surface area contributed by atoms with Crippen LogP contribution in [0.15, 0.2) is 18.7 Å². The van der Waals surface area contributed by atoms with Gasteiger partial charge in [0.05, 0.1) is 11.1 Å². The van der Waals surface area contributed by atoms with Crippen molar-refractivity contribution in [1.29, 1.82) is 0 Å². The van der Waals surface area contributed by atoms with Crippen molar-refractivity contribution in [3.05, 3.63) is 29.3 Å². The lowest BCUT2D eigenvalue weighted by Crippen LogP contribution is -2.06. The Balaban J connectivity index is 3.13. The summed E-state index contributed by atoms with van der Waals surface area (Å²) in [4.78, 5) is 0. The first kappa shape index (κ1) is 11.9. The summed E-state index contributed by atoms with van der Waals surface area (Å²) >= 11 is 6.01. The van der Waals surface area contributed by atoms with Crippen LogP contribution in [0.1, 0.15) is 26.3 Å². The monoisotopic (exact) mass is 226 g/mol. The Morgan fingerprint density at radius 1 is 1.47 bits per heavy atom. The van der Waals surface area contributed by atoms with E-state index in [1.165, 1.54) is 6.07 Å². The minimum absolute atomic E-state index is 0.0255. The van der Waals surface area contributed by atoms with Gasteiger partial charge >= 0.3 is 0 Å². The quantitative estimate of drug-likeness (QED) is 0.848. The molecule has 0 aromatic heterocycles. The Bertz CT molecular complexity index is 383. The molecule has 0 aliphatic carbocycles.